The lowest BCUT2D eigenvalue weighted by atomic mass is 10.0. The van der Waals surface area contributed by atoms with Crippen molar-refractivity contribution < 1.29 is 14.3 Å². The fourth-order valence-electron chi connectivity index (χ4n) is 3.06. The summed E-state index contributed by atoms with van der Waals surface area (Å²) in [5, 5.41) is 8.13. The topological polar surface area (TPSA) is 80.3 Å². The molecule has 0 aliphatic rings. The van der Waals surface area contributed by atoms with Crippen molar-refractivity contribution in [1.29, 1.82) is 0 Å². The maximum Gasteiger partial charge on any atom is 0.228 e. The Hall–Kier alpha value is -3.19. The number of benzene rings is 2. The number of rotatable bonds is 8. The largest absolute Gasteiger partial charge is 0.497 e. The Morgan fingerprint density at radius 2 is 1.80 bits per heavy atom. The molecule has 2 amide bonds. The molecule has 0 fully saturated rings. The lowest BCUT2D eigenvalue weighted by molar-refractivity contribution is -0.120. The van der Waals surface area contributed by atoms with E-state index in [0.717, 1.165) is 23.2 Å². The molecule has 2 N–H and O–H groups in total. The minimum Gasteiger partial charge on any atom is -0.497 e. The molecule has 156 valence electrons. The fraction of sp³-hybridized carbons (Fsp3) is 0.261. The number of aryl methyl sites for hydroxylation is 1. The van der Waals surface area contributed by atoms with E-state index in [1.807, 2.05) is 29.6 Å². The van der Waals surface area contributed by atoms with Gasteiger partial charge in [-0.2, -0.15) is 0 Å². The maximum atomic E-state index is 12.6. The second-order valence-corrected chi connectivity index (χ2v) is 7.73. The van der Waals surface area contributed by atoms with Crippen LogP contribution in [0.1, 0.15) is 37.4 Å². The van der Waals surface area contributed by atoms with Gasteiger partial charge in [0.05, 0.1) is 25.3 Å². The molecule has 3 rings (SSSR count). The number of nitrogens with one attached hydrogen (secondary N) is 2. The molecule has 1 unspecified atom stereocenters. The van der Waals surface area contributed by atoms with Crippen LogP contribution in [0.25, 0.3) is 11.3 Å². The van der Waals surface area contributed by atoms with Crippen molar-refractivity contribution in [2.24, 2.45) is 0 Å². The van der Waals surface area contributed by atoms with E-state index in [0.29, 0.717) is 10.9 Å². The fourth-order valence-corrected chi connectivity index (χ4v) is 3.80. The van der Waals surface area contributed by atoms with Crippen LogP contribution in [0.4, 0.5) is 5.13 Å². The zero-order valence-corrected chi connectivity index (χ0v) is 18.1. The first-order valence-electron chi connectivity index (χ1n) is 9.74. The van der Waals surface area contributed by atoms with E-state index >= 15 is 0 Å². The van der Waals surface area contributed by atoms with Gasteiger partial charge in [-0.3, -0.25) is 9.59 Å². The van der Waals surface area contributed by atoms with Crippen molar-refractivity contribution in [2.45, 2.75) is 32.7 Å². The van der Waals surface area contributed by atoms with Crippen molar-refractivity contribution in [1.82, 2.24) is 10.3 Å². The van der Waals surface area contributed by atoms with Gasteiger partial charge in [0.25, 0.3) is 0 Å². The van der Waals surface area contributed by atoms with Gasteiger partial charge in [-0.25, -0.2) is 4.98 Å². The summed E-state index contributed by atoms with van der Waals surface area (Å²) in [6, 6.07) is 15.1. The van der Waals surface area contributed by atoms with Gasteiger partial charge in [-0.15, -0.1) is 11.3 Å². The van der Waals surface area contributed by atoms with Crippen LogP contribution in [0.3, 0.4) is 0 Å². The van der Waals surface area contributed by atoms with Crippen LogP contribution in [-0.2, 0) is 16.0 Å². The third-order valence-corrected chi connectivity index (χ3v) is 5.45. The van der Waals surface area contributed by atoms with Gasteiger partial charge < -0.3 is 15.4 Å². The van der Waals surface area contributed by atoms with Crippen LogP contribution >= 0.6 is 11.3 Å². The number of carbonyl (C=O) groups excluding carboxylic acids is 2. The van der Waals surface area contributed by atoms with Crippen LogP contribution in [-0.4, -0.2) is 23.9 Å². The molecular formula is C23H25N3O3S. The summed E-state index contributed by atoms with van der Waals surface area (Å²) in [5.41, 5.74) is 3.94. The minimum absolute atomic E-state index is 0.103. The zero-order valence-electron chi connectivity index (χ0n) is 17.3. The van der Waals surface area contributed by atoms with Crippen LogP contribution < -0.4 is 15.4 Å². The van der Waals surface area contributed by atoms with E-state index in [2.05, 4.69) is 34.7 Å². The Morgan fingerprint density at radius 1 is 1.10 bits per heavy atom. The highest BCUT2D eigenvalue weighted by Gasteiger charge is 2.18. The zero-order chi connectivity index (χ0) is 21.5. The predicted molar refractivity (Wildman–Crippen MR) is 120 cm³/mol. The molecule has 1 heterocycles. The van der Waals surface area contributed by atoms with Crippen LogP contribution in [0.5, 0.6) is 5.75 Å². The molecule has 7 heteroatoms. The molecule has 2 aromatic carbocycles. The van der Waals surface area contributed by atoms with Gasteiger partial charge in [0.15, 0.2) is 5.13 Å². The molecule has 3 aromatic rings. The Kier molecular flexibility index (Phi) is 7.19. The number of methoxy groups -OCH3 is 1. The first-order valence-corrected chi connectivity index (χ1v) is 10.6. The molecule has 0 saturated carbocycles. The molecular weight excluding hydrogens is 398 g/mol. The number of aromatic nitrogens is 1. The SMILES string of the molecule is CCc1ccc(-c2csc(NC(=O)CC(NC(C)=O)c3ccc(OC)cc3)n2)cc1. The number of hydrogen-bond acceptors (Lipinski definition) is 5. The van der Waals surface area contributed by atoms with E-state index in [4.69, 9.17) is 4.74 Å². The van der Waals surface area contributed by atoms with Crippen molar-refractivity contribution >= 4 is 28.3 Å². The summed E-state index contributed by atoms with van der Waals surface area (Å²) in [5.74, 6) is 0.300. The van der Waals surface area contributed by atoms with Gasteiger partial charge in [-0.05, 0) is 29.7 Å². The predicted octanol–water partition coefficient (Wildman–Crippen LogP) is 4.59. The van der Waals surface area contributed by atoms with Crippen LogP contribution in [0.15, 0.2) is 53.9 Å². The van der Waals surface area contributed by atoms with Crippen molar-refractivity contribution in [3.63, 3.8) is 0 Å². The van der Waals surface area contributed by atoms with E-state index in [1.165, 1.54) is 23.8 Å². The number of nitrogens with zero attached hydrogens (tertiary/aromatic N) is 1. The van der Waals surface area contributed by atoms with Gasteiger partial charge in [0.2, 0.25) is 11.8 Å². The molecule has 1 aromatic heterocycles. The average Bonchev–Trinajstić information content (AvgIpc) is 3.21. The standard InChI is InChI=1S/C23H25N3O3S/c1-4-16-5-7-18(8-6-16)21-14-30-23(25-21)26-22(28)13-20(24-15(2)27)17-9-11-19(29-3)12-10-17/h5-12,14,20H,4,13H2,1-3H3,(H,24,27)(H,25,26,28). The molecule has 0 radical (unpaired) electrons. The number of anilines is 1. The number of ether oxygens (including phenoxy) is 1. The van der Waals surface area contributed by atoms with E-state index < -0.39 is 6.04 Å². The smallest absolute Gasteiger partial charge is 0.228 e. The molecule has 0 aliphatic heterocycles. The van der Waals surface area contributed by atoms with Crippen LogP contribution in [0.2, 0.25) is 0 Å². The van der Waals surface area contributed by atoms with E-state index in [-0.39, 0.29) is 18.2 Å². The number of carbonyl (C=O) groups is 2. The summed E-state index contributed by atoms with van der Waals surface area (Å²) in [7, 11) is 1.59. The van der Waals surface area contributed by atoms with Gasteiger partial charge in [-0.1, -0.05) is 43.3 Å². The average molecular weight is 424 g/mol. The minimum atomic E-state index is -0.436. The Bertz CT molecular complexity index is 997. The second kappa shape index (κ2) is 10.0. The van der Waals surface area contributed by atoms with E-state index in [9.17, 15) is 9.59 Å². The molecule has 0 spiro atoms. The first kappa shape index (κ1) is 21.5. The second-order valence-electron chi connectivity index (χ2n) is 6.87. The number of hydrogen-bond donors (Lipinski definition) is 2. The number of thiazole rings is 1. The summed E-state index contributed by atoms with van der Waals surface area (Å²) >= 11 is 1.38. The molecule has 0 aliphatic carbocycles. The molecule has 0 saturated heterocycles. The quantitative estimate of drug-likeness (QED) is 0.555. The molecule has 30 heavy (non-hydrogen) atoms. The number of amides is 2. The normalized spacial score (nSPS) is 11.6. The maximum absolute atomic E-state index is 12.6. The summed E-state index contributed by atoms with van der Waals surface area (Å²) in [6.45, 7) is 3.55. The lowest BCUT2D eigenvalue weighted by Crippen LogP contribution is -2.29. The highest BCUT2D eigenvalue weighted by Crippen LogP contribution is 2.26. The van der Waals surface area contributed by atoms with Crippen molar-refractivity contribution in [3.8, 4) is 17.0 Å². The first-order chi connectivity index (χ1) is 14.5. The molecule has 6 nitrogen and oxygen atoms in total. The third-order valence-electron chi connectivity index (χ3n) is 4.69. The van der Waals surface area contributed by atoms with Gasteiger partial charge in [0.1, 0.15) is 5.75 Å². The summed E-state index contributed by atoms with van der Waals surface area (Å²) in [4.78, 5) is 28.8. The van der Waals surface area contributed by atoms with E-state index in [1.54, 1.807) is 19.2 Å². The third kappa shape index (κ3) is 5.67. The Labute approximate surface area is 180 Å². The van der Waals surface area contributed by atoms with Crippen molar-refractivity contribution in [2.75, 3.05) is 12.4 Å². The highest BCUT2D eigenvalue weighted by atomic mass is 32.1. The Balaban J connectivity index is 1.67. The van der Waals surface area contributed by atoms with Gasteiger partial charge in [0, 0.05) is 17.9 Å². The summed E-state index contributed by atoms with van der Waals surface area (Å²) < 4.78 is 5.17. The Morgan fingerprint density at radius 3 is 2.40 bits per heavy atom. The van der Waals surface area contributed by atoms with Gasteiger partial charge >= 0.3 is 0 Å². The molecule has 0 bridgehead atoms. The highest BCUT2D eigenvalue weighted by molar-refractivity contribution is 7.14. The summed E-state index contributed by atoms with van der Waals surface area (Å²) in [6.07, 6.45) is 1.09. The monoisotopic (exact) mass is 423 g/mol. The molecule has 1 atom stereocenters. The lowest BCUT2D eigenvalue weighted by Gasteiger charge is -2.18. The van der Waals surface area contributed by atoms with Crippen LogP contribution in [0, 0.1) is 0 Å². The van der Waals surface area contributed by atoms with Crippen molar-refractivity contribution in [3.05, 3.63) is 65.0 Å².